The van der Waals surface area contributed by atoms with Crippen LogP contribution in [0.15, 0.2) is 72.8 Å². The van der Waals surface area contributed by atoms with Crippen molar-refractivity contribution in [1.82, 2.24) is 10.9 Å². The molecule has 3 aromatic carbocycles. The summed E-state index contributed by atoms with van der Waals surface area (Å²) in [6.45, 7) is 1.50. The van der Waals surface area contributed by atoms with Gasteiger partial charge in [0.2, 0.25) is 0 Å². The Labute approximate surface area is 192 Å². The summed E-state index contributed by atoms with van der Waals surface area (Å²) >= 11 is 5.89. The molecule has 172 valence electrons. The van der Waals surface area contributed by atoms with E-state index in [1.54, 1.807) is 30.3 Å². The van der Waals surface area contributed by atoms with Crippen LogP contribution >= 0.6 is 11.6 Å². The van der Waals surface area contributed by atoms with Crippen molar-refractivity contribution in [2.75, 3.05) is 0 Å². The Balaban J connectivity index is 1.53. The zero-order valence-electron chi connectivity index (χ0n) is 17.2. The van der Waals surface area contributed by atoms with Crippen LogP contribution in [0.5, 0.6) is 17.2 Å². The minimum atomic E-state index is -4.51. The van der Waals surface area contributed by atoms with Gasteiger partial charge in [0.1, 0.15) is 17.2 Å². The number of hydrogen-bond donors (Lipinski definition) is 2. The molecule has 0 bridgehead atoms. The first-order valence-electron chi connectivity index (χ1n) is 9.60. The average Bonchev–Trinajstić information content (AvgIpc) is 2.79. The Hall–Kier alpha value is -3.72. The summed E-state index contributed by atoms with van der Waals surface area (Å²) in [7, 11) is 0. The highest BCUT2D eigenvalue weighted by Gasteiger charge is 2.31. The molecule has 1 unspecified atom stereocenters. The van der Waals surface area contributed by atoms with Gasteiger partial charge in [-0.05, 0) is 61.5 Å². The summed E-state index contributed by atoms with van der Waals surface area (Å²) in [5.74, 6) is -0.356. The molecule has 0 aromatic heterocycles. The molecule has 1 atom stereocenters. The molecular weight excluding hydrogens is 461 g/mol. The fourth-order valence-electron chi connectivity index (χ4n) is 2.61. The lowest BCUT2D eigenvalue weighted by Crippen LogP contribution is -2.47. The quantitative estimate of drug-likeness (QED) is 0.466. The van der Waals surface area contributed by atoms with Crippen molar-refractivity contribution in [3.05, 3.63) is 88.9 Å². The molecule has 0 saturated carbocycles. The van der Waals surface area contributed by atoms with Crippen molar-refractivity contribution in [2.45, 2.75) is 19.2 Å². The number of alkyl halides is 3. The summed E-state index contributed by atoms with van der Waals surface area (Å²) < 4.78 is 49.2. The lowest BCUT2D eigenvalue weighted by atomic mass is 10.2. The van der Waals surface area contributed by atoms with Crippen LogP contribution in [0.25, 0.3) is 0 Å². The predicted molar refractivity (Wildman–Crippen MR) is 115 cm³/mol. The zero-order chi connectivity index (χ0) is 24.0. The van der Waals surface area contributed by atoms with Gasteiger partial charge in [-0.15, -0.1) is 0 Å². The van der Waals surface area contributed by atoms with Crippen LogP contribution in [0.4, 0.5) is 13.2 Å². The average molecular weight is 479 g/mol. The molecule has 0 saturated heterocycles. The van der Waals surface area contributed by atoms with Crippen LogP contribution in [0.1, 0.15) is 22.8 Å². The van der Waals surface area contributed by atoms with E-state index in [-0.39, 0.29) is 10.8 Å². The minimum Gasteiger partial charge on any atom is -0.481 e. The number of hydrazine groups is 1. The SMILES string of the molecule is CC(Oc1ccc(Oc2ccc(C(F)(F)F)cc2Cl)cc1)C(=O)NNC(=O)c1ccccc1. The topological polar surface area (TPSA) is 76.7 Å². The smallest absolute Gasteiger partial charge is 0.416 e. The van der Waals surface area contributed by atoms with Gasteiger partial charge >= 0.3 is 6.18 Å². The lowest BCUT2D eigenvalue weighted by molar-refractivity contribution is -0.137. The molecule has 33 heavy (non-hydrogen) atoms. The second-order valence-electron chi connectivity index (χ2n) is 6.79. The first-order chi connectivity index (χ1) is 15.6. The monoisotopic (exact) mass is 478 g/mol. The molecule has 6 nitrogen and oxygen atoms in total. The Kier molecular flexibility index (Phi) is 7.44. The van der Waals surface area contributed by atoms with Crippen molar-refractivity contribution in [1.29, 1.82) is 0 Å². The van der Waals surface area contributed by atoms with Crippen molar-refractivity contribution < 1.29 is 32.2 Å². The van der Waals surface area contributed by atoms with Crippen molar-refractivity contribution in [3.8, 4) is 17.2 Å². The lowest BCUT2D eigenvalue weighted by Gasteiger charge is -2.16. The van der Waals surface area contributed by atoms with Crippen LogP contribution in [0.3, 0.4) is 0 Å². The minimum absolute atomic E-state index is 0.0558. The first-order valence-corrected chi connectivity index (χ1v) is 9.98. The summed E-state index contributed by atoms with van der Waals surface area (Å²) in [5.41, 5.74) is 4.09. The Morgan fingerprint density at radius 1 is 0.909 bits per heavy atom. The van der Waals surface area contributed by atoms with E-state index < -0.39 is 29.7 Å². The summed E-state index contributed by atoms with van der Waals surface area (Å²) in [6, 6.07) is 17.2. The summed E-state index contributed by atoms with van der Waals surface area (Å²) in [5, 5.41) is -0.187. The van der Waals surface area contributed by atoms with Gasteiger partial charge in [0.05, 0.1) is 10.6 Å². The van der Waals surface area contributed by atoms with Gasteiger partial charge in [0.15, 0.2) is 6.10 Å². The summed E-state index contributed by atoms with van der Waals surface area (Å²) in [6.07, 6.45) is -5.44. The van der Waals surface area contributed by atoms with E-state index in [4.69, 9.17) is 21.1 Å². The molecule has 10 heteroatoms. The highest BCUT2D eigenvalue weighted by atomic mass is 35.5. The van der Waals surface area contributed by atoms with Crippen molar-refractivity contribution in [3.63, 3.8) is 0 Å². The van der Waals surface area contributed by atoms with Crippen LogP contribution in [0.2, 0.25) is 5.02 Å². The van der Waals surface area contributed by atoms with Crippen molar-refractivity contribution in [2.24, 2.45) is 0 Å². The zero-order valence-corrected chi connectivity index (χ0v) is 17.9. The second-order valence-corrected chi connectivity index (χ2v) is 7.19. The summed E-state index contributed by atoms with van der Waals surface area (Å²) in [4.78, 5) is 24.1. The van der Waals surface area contributed by atoms with Crippen LogP contribution in [-0.2, 0) is 11.0 Å². The van der Waals surface area contributed by atoms with E-state index in [9.17, 15) is 22.8 Å². The number of rotatable bonds is 6. The molecule has 0 fully saturated rings. The molecule has 0 heterocycles. The maximum atomic E-state index is 12.7. The normalized spacial score (nSPS) is 11.9. The number of carbonyl (C=O) groups excluding carboxylic acids is 2. The standard InChI is InChI=1S/C23H18ClF3N2O4/c1-14(21(30)28-29-22(31)15-5-3-2-4-6-15)32-17-8-10-18(11-9-17)33-20-12-7-16(13-19(20)24)23(25,26)27/h2-14H,1H3,(H,28,30)(H,29,31). The van der Waals surface area contributed by atoms with E-state index in [0.717, 1.165) is 18.2 Å². The molecular formula is C23H18ClF3N2O4. The largest absolute Gasteiger partial charge is 0.481 e. The molecule has 0 aliphatic heterocycles. The van der Waals surface area contributed by atoms with Crippen LogP contribution in [0, 0.1) is 0 Å². The number of hydrogen-bond acceptors (Lipinski definition) is 4. The second kappa shape index (κ2) is 10.3. The molecule has 2 N–H and O–H groups in total. The Morgan fingerprint density at radius 2 is 1.55 bits per heavy atom. The Morgan fingerprint density at radius 3 is 2.15 bits per heavy atom. The number of nitrogens with one attached hydrogen (secondary N) is 2. The van der Waals surface area contributed by atoms with Gasteiger partial charge in [-0.25, -0.2) is 0 Å². The molecule has 0 spiro atoms. The van der Waals surface area contributed by atoms with Gasteiger partial charge in [-0.3, -0.25) is 20.4 Å². The maximum Gasteiger partial charge on any atom is 0.416 e. The van der Waals surface area contributed by atoms with Gasteiger partial charge < -0.3 is 9.47 Å². The van der Waals surface area contributed by atoms with E-state index in [0.29, 0.717) is 17.1 Å². The van der Waals surface area contributed by atoms with Gasteiger partial charge in [-0.1, -0.05) is 29.8 Å². The number of benzene rings is 3. The molecule has 0 radical (unpaired) electrons. The predicted octanol–water partition coefficient (Wildman–Crippen LogP) is 5.38. The number of carbonyl (C=O) groups is 2. The first kappa shape index (κ1) is 23.9. The maximum absolute atomic E-state index is 12.7. The third kappa shape index (κ3) is 6.63. The van der Waals surface area contributed by atoms with Gasteiger partial charge in [0.25, 0.3) is 11.8 Å². The molecule has 0 aliphatic carbocycles. The van der Waals surface area contributed by atoms with Gasteiger partial charge in [-0.2, -0.15) is 13.2 Å². The number of halogens is 4. The highest BCUT2D eigenvalue weighted by Crippen LogP contribution is 2.36. The van der Waals surface area contributed by atoms with E-state index in [1.165, 1.54) is 31.2 Å². The third-order valence-corrected chi connectivity index (χ3v) is 4.62. The highest BCUT2D eigenvalue weighted by molar-refractivity contribution is 6.32. The molecule has 3 aromatic rings. The number of ether oxygens (including phenoxy) is 2. The van der Waals surface area contributed by atoms with Crippen molar-refractivity contribution >= 4 is 23.4 Å². The van der Waals surface area contributed by atoms with E-state index >= 15 is 0 Å². The molecule has 0 aliphatic rings. The van der Waals surface area contributed by atoms with Gasteiger partial charge in [0, 0.05) is 5.56 Å². The molecule has 3 rings (SSSR count). The van der Waals surface area contributed by atoms with Crippen LogP contribution < -0.4 is 20.3 Å². The molecule has 2 amide bonds. The van der Waals surface area contributed by atoms with E-state index in [1.807, 2.05) is 0 Å². The number of amides is 2. The third-order valence-electron chi connectivity index (χ3n) is 4.33. The fraction of sp³-hybridized carbons (Fsp3) is 0.130. The van der Waals surface area contributed by atoms with E-state index in [2.05, 4.69) is 10.9 Å². The fourth-order valence-corrected chi connectivity index (χ4v) is 2.83. The van der Waals surface area contributed by atoms with Crippen LogP contribution in [-0.4, -0.2) is 17.9 Å². The Bertz CT molecular complexity index is 1120.